The summed E-state index contributed by atoms with van der Waals surface area (Å²) in [7, 11) is 0. The van der Waals surface area contributed by atoms with Gasteiger partial charge in [0, 0.05) is 5.39 Å². The molecule has 29 heavy (non-hydrogen) atoms. The van der Waals surface area contributed by atoms with E-state index in [1.165, 1.54) is 0 Å². The SMILES string of the molecule is N#Cc1ccccc1OCC(=O)N[C@H](c1ccccc1)c1cc2ccccc2o1. The van der Waals surface area contributed by atoms with Crippen LogP contribution in [-0.4, -0.2) is 12.5 Å². The summed E-state index contributed by atoms with van der Waals surface area (Å²) in [6.07, 6.45) is 0. The fraction of sp³-hybridized carbons (Fsp3) is 0.0833. The molecule has 0 radical (unpaired) electrons. The molecular formula is C24H18N2O3. The first-order valence-electron chi connectivity index (χ1n) is 9.19. The van der Waals surface area contributed by atoms with Crippen LogP contribution >= 0.6 is 0 Å². The number of fused-ring (bicyclic) bond motifs is 1. The van der Waals surface area contributed by atoms with E-state index in [9.17, 15) is 4.79 Å². The molecule has 0 saturated heterocycles. The maximum atomic E-state index is 12.6. The summed E-state index contributed by atoms with van der Waals surface area (Å²) in [6.45, 7) is -0.206. The van der Waals surface area contributed by atoms with E-state index >= 15 is 0 Å². The van der Waals surface area contributed by atoms with Crippen molar-refractivity contribution in [2.45, 2.75) is 6.04 Å². The predicted octanol–water partition coefficient (Wildman–Crippen LogP) is 4.59. The van der Waals surface area contributed by atoms with Gasteiger partial charge < -0.3 is 14.5 Å². The molecule has 1 amide bonds. The Morgan fingerprint density at radius 1 is 1.00 bits per heavy atom. The lowest BCUT2D eigenvalue weighted by atomic mass is 10.0. The number of nitrogens with one attached hydrogen (secondary N) is 1. The molecule has 0 saturated carbocycles. The van der Waals surface area contributed by atoms with Crippen LogP contribution in [0, 0.1) is 11.3 Å². The molecule has 142 valence electrons. The average Bonchev–Trinajstić information content (AvgIpc) is 3.20. The van der Waals surface area contributed by atoms with Crippen molar-refractivity contribution in [3.63, 3.8) is 0 Å². The van der Waals surface area contributed by atoms with Crippen molar-refractivity contribution in [1.29, 1.82) is 5.26 Å². The fourth-order valence-corrected chi connectivity index (χ4v) is 3.14. The van der Waals surface area contributed by atoms with Crippen molar-refractivity contribution < 1.29 is 13.9 Å². The first-order chi connectivity index (χ1) is 14.2. The quantitative estimate of drug-likeness (QED) is 0.529. The number of hydrogen-bond donors (Lipinski definition) is 1. The van der Waals surface area contributed by atoms with Gasteiger partial charge in [0.05, 0.1) is 5.56 Å². The number of ether oxygens (including phenoxy) is 1. The van der Waals surface area contributed by atoms with Gasteiger partial charge in [-0.25, -0.2) is 0 Å². The topological polar surface area (TPSA) is 75.3 Å². The van der Waals surface area contributed by atoms with Crippen molar-refractivity contribution in [3.8, 4) is 11.8 Å². The first-order valence-corrected chi connectivity index (χ1v) is 9.19. The van der Waals surface area contributed by atoms with Gasteiger partial charge in [0.15, 0.2) is 6.61 Å². The Kier molecular flexibility index (Phi) is 5.26. The van der Waals surface area contributed by atoms with E-state index in [4.69, 9.17) is 14.4 Å². The second-order valence-corrected chi connectivity index (χ2v) is 6.49. The number of nitriles is 1. The van der Waals surface area contributed by atoms with E-state index in [0.717, 1.165) is 16.5 Å². The van der Waals surface area contributed by atoms with E-state index in [1.807, 2.05) is 60.7 Å². The minimum absolute atomic E-state index is 0.206. The molecule has 5 heteroatoms. The Morgan fingerprint density at radius 2 is 1.72 bits per heavy atom. The molecular weight excluding hydrogens is 364 g/mol. The summed E-state index contributed by atoms with van der Waals surface area (Å²) in [5.41, 5.74) is 2.05. The zero-order valence-corrected chi connectivity index (χ0v) is 15.5. The lowest BCUT2D eigenvalue weighted by Crippen LogP contribution is -2.33. The van der Waals surface area contributed by atoms with Gasteiger partial charge in [-0.1, -0.05) is 60.7 Å². The summed E-state index contributed by atoms with van der Waals surface area (Å²) in [5, 5.41) is 13.1. The molecule has 1 heterocycles. The van der Waals surface area contributed by atoms with Crippen LogP contribution in [0.1, 0.15) is 22.9 Å². The fourth-order valence-electron chi connectivity index (χ4n) is 3.14. The molecule has 0 aliphatic carbocycles. The molecule has 3 aromatic carbocycles. The number of carbonyl (C=O) groups is 1. The highest BCUT2D eigenvalue weighted by Crippen LogP contribution is 2.28. The Balaban J connectivity index is 1.55. The first kappa shape index (κ1) is 18.3. The van der Waals surface area contributed by atoms with E-state index in [1.54, 1.807) is 24.3 Å². The zero-order chi connectivity index (χ0) is 20.1. The van der Waals surface area contributed by atoms with Gasteiger partial charge in [-0.15, -0.1) is 0 Å². The van der Waals surface area contributed by atoms with Crippen LogP contribution in [0.15, 0.2) is 89.3 Å². The Labute approximate surface area is 168 Å². The highest BCUT2D eigenvalue weighted by molar-refractivity contribution is 5.80. The minimum Gasteiger partial charge on any atom is -0.482 e. The van der Waals surface area contributed by atoms with Crippen LogP contribution < -0.4 is 10.1 Å². The molecule has 0 aliphatic heterocycles. The number of para-hydroxylation sites is 2. The number of hydrogen-bond acceptors (Lipinski definition) is 4. The molecule has 0 unspecified atom stereocenters. The van der Waals surface area contributed by atoms with Gasteiger partial charge in [0.2, 0.25) is 0 Å². The molecule has 0 spiro atoms. The van der Waals surface area contributed by atoms with Crippen LogP contribution in [0.25, 0.3) is 11.0 Å². The van der Waals surface area contributed by atoms with Crippen molar-refractivity contribution in [2.24, 2.45) is 0 Å². The Hall–Kier alpha value is -4.04. The maximum absolute atomic E-state index is 12.6. The molecule has 4 aromatic rings. The summed E-state index contributed by atoms with van der Waals surface area (Å²) in [4.78, 5) is 12.6. The highest BCUT2D eigenvalue weighted by atomic mass is 16.5. The molecule has 0 fully saturated rings. The monoisotopic (exact) mass is 382 g/mol. The second kappa shape index (κ2) is 8.32. The van der Waals surface area contributed by atoms with Gasteiger partial charge in [0.1, 0.15) is 29.2 Å². The summed E-state index contributed by atoms with van der Waals surface area (Å²) >= 11 is 0. The van der Waals surface area contributed by atoms with Crippen LogP contribution in [0.4, 0.5) is 0 Å². The van der Waals surface area contributed by atoms with Crippen LogP contribution in [-0.2, 0) is 4.79 Å². The van der Waals surface area contributed by atoms with Crippen molar-refractivity contribution in [3.05, 3.63) is 102 Å². The number of rotatable bonds is 6. The third-order valence-corrected chi connectivity index (χ3v) is 4.53. The second-order valence-electron chi connectivity index (χ2n) is 6.49. The molecule has 4 rings (SSSR count). The third-order valence-electron chi connectivity index (χ3n) is 4.53. The molecule has 1 N–H and O–H groups in total. The molecule has 1 aromatic heterocycles. The van der Waals surface area contributed by atoms with Crippen molar-refractivity contribution in [2.75, 3.05) is 6.61 Å². The zero-order valence-electron chi connectivity index (χ0n) is 15.5. The van der Waals surface area contributed by atoms with Crippen molar-refractivity contribution in [1.82, 2.24) is 5.32 Å². The van der Waals surface area contributed by atoms with E-state index in [2.05, 4.69) is 11.4 Å². The third kappa shape index (κ3) is 4.12. The van der Waals surface area contributed by atoms with Crippen molar-refractivity contribution >= 4 is 16.9 Å². The van der Waals surface area contributed by atoms with Gasteiger partial charge in [-0.2, -0.15) is 5.26 Å². The summed E-state index contributed by atoms with van der Waals surface area (Å²) in [5.74, 6) is 0.709. The average molecular weight is 382 g/mol. The van der Waals surface area contributed by atoms with Gasteiger partial charge >= 0.3 is 0 Å². The van der Waals surface area contributed by atoms with E-state index in [-0.39, 0.29) is 12.5 Å². The van der Waals surface area contributed by atoms with Gasteiger partial charge in [-0.05, 0) is 29.8 Å². The van der Waals surface area contributed by atoms with Crippen LogP contribution in [0.5, 0.6) is 5.75 Å². The Morgan fingerprint density at radius 3 is 2.52 bits per heavy atom. The largest absolute Gasteiger partial charge is 0.482 e. The smallest absolute Gasteiger partial charge is 0.258 e. The summed E-state index contributed by atoms with van der Waals surface area (Å²) < 4.78 is 11.5. The normalized spacial score (nSPS) is 11.6. The van der Waals surface area contributed by atoms with E-state index in [0.29, 0.717) is 17.1 Å². The maximum Gasteiger partial charge on any atom is 0.258 e. The van der Waals surface area contributed by atoms with Crippen LogP contribution in [0.2, 0.25) is 0 Å². The highest BCUT2D eigenvalue weighted by Gasteiger charge is 2.21. The van der Waals surface area contributed by atoms with Gasteiger partial charge in [0.25, 0.3) is 5.91 Å². The predicted molar refractivity (Wildman–Crippen MR) is 109 cm³/mol. The van der Waals surface area contributed by atoms with Gasteiger partial charge in [-0.3, -0.25) is 4.79 Å². The number of carbonyl (C=O) groups excluding carboxylic acids is 1. The molecule has 0 aliphatic rings. The number of benzene rings is 3. The summed E-state index contributed by atoms with van der Waals surface area (Å²) in [6, 6.07) is 27.7. The van der Waals surface area contributed by atoms with Crippen LogP contribution in [0.3, 0.4) is 0 Å². The lowest BCUT2D eigenvalue weighted by Gasteiger charge is -2.17. The molecule has 5 nitrogen and oxygen atoms in total. The number of nitrogens with zero attached hydrogens (tertiary/aromatic N) is 1. The number of furan rings is 1. The minimum atomic E-state index is -0.453. The molecule has 1 atom stereocenters. The Bertz CT molecular complexity index is 1140. The lowest BCUT2D eigenvalue weighted by molar-refractivity contribution is -0.123. The standard InChI is InChI=1S/C24H18N2O3/c25-15-19-11-5-6-12-20(19)28-16-23(27)26-24(17-8-2-1-3-9-17)22-14-18-10-4-7-13-21(18)29-22/h1-14,24H,16H2,(H,26,27)/t24-/m1/s1. The molecule has 0 bridgehead atoms. The number of amides is 1. The van der Waals surface area contributed by atoms with E-state index < -0.39 is 6.04 Å².